The quantitative estimate of drug-likeness (QED) is 0.448. The molecule has 0 aliphatic carbocycles. The van der Waals surface area contributed by atoms with Crippen molar-refractivity contribution in [2.24, 2.45) is 0 Å². The van der Waals surface area contributed by atoms with E-state index in [0.717, 1.165) is 18.7 Å². The molecule has 0 aliphatic rings. The van der Waals surface area contributed by atoms with Gasteiger partial charge >= 0.3 is 0 Å². The molecule has 0 heterocycles. The van der Waals surface area contributed by atoms with Crippen LogP contribution in [0.1, 0.15) is 5.56 Å². The Morgan fingerprint density at radius 1 is 1.20 bits per heavy atom. The molecule has 0 spiro atoms. The first-order valence-electron chi connectivity index (χ1n) is 6.27. The smallest absolute Gasteiger partial charge is 0.282 e. The van der Waals surface area contributed by atoms with Crippen LogP contribution in [0, 0.1) is 13.7 Å². The van der Waals surface area contributed by atoms with Gasteiger partial charge in [-0.3, -0.25) is 10.1 Å². The summed E-state index contributed by atoms with van der Waals surface area (Å²) in [6.07, 6.45) is 0.949. The summed E-state index contributed by atoms with van der Waals surface area (Å²) >= 11 is 2.01. The van der Waals surface area contributed by atoms with Crippen LogP contribution in [-0.4, -0.2) is 18.5 Å². The van der Waals surface area contributed by atoms with Crippen molar-refractivity contribution in [1.82, 2.24) is 0 Å². The number of rotatable bonds is 5. The monoisotopic (exact) mass is 382 g/mol. The van der Waals surface area contributed by atoms with Crippen LogP contribution in [0.15, 0.2) is 48.5 Å². The molecule has 0 saturated carbocycles. The molecule has 2 rings (SSSR count). The fraction of sp³-hybridized carbons (Fsp3) is 0.200. The number of halogens is 1. The second-order valence-corrected chi connectivity index (χ2v) is 5.71. The Morgan fingerprint density at radius 2 is 1.90 bits per heavy atom. The van der Waals surface area contributed by atoms with Crippen LogP contribution in [0.2, 0.25) is 0 Å². The maximum Gasteiger partial charge on any atom is 0.282 e. The van der Waals surface area contributed by atoms with E-state index in [-0.39, 0.29) is 10.6 Å². The standard InChI is InChI=1S/C15H15IN2O2/c1-17(10-9-12-5-3-2-4-6-12)13-7-8-15(18(19)20)14(16)11-13/h2-8,11H,9-10H2,1H3. The van der Waals surface area contributed by atoms with Crippen molar-refractivity contribution < 1.29 is 4.92 Å². The zero-order valence-corrected chi connectivity index (χ0v) is 13.3. The van der Waals surface area contributed by atoms with Crippen LogP contribution in [-0.2, 0) is 6.42 Å². The fourth-order valence-electron chi connectivity index (χ4n) is 1.95. The normalized spacial score (nSPS) is 10.3. The largest absolute Gasteiger partial charge is 0.374 e. The predicted molar refractivity (Wildman–Crippen MR) is 89.2 cm³/mol. The molecule has 0 fully saturated rings. The maximum absolute atomic E-state index is 10.8. The minimum Gasteiger partial charge on any atom is -0.374 e. The molecule has 0 atom stereocenters. The van der Waals surface area contributed by atoms with E-state index < -0.39 is 0 Å². The van der Waals surface area contributed by atoms with Crippen molar-refractivity contribution >= 4 is 34.0 Å². The van der Waals surface area contributed by atoms with Crippen molar-refractivity contribution in [2.45, 2.75) is 6.42 Å². The summed E-state index contributed by atoms with van der Waals surface area (Å²) in [5.74, 6) is 0. The van der Waals surface area contributed by atoms with Gasteiger partial charge in [0.1, 0.15) is 0 Å². The van der Waals surface area contributed by atoms with Crippen LogP contribution >= 0.6 is 22.6 Å². The zero-order chi connectivity index (χ0) is 14.5. The first-order valence-corrected chi connectivity index (χ1v) is 7.35. The van der Waals surface area contributed by atoms with Crippen LogP contribution in [0.25, 0.3) is 0 Å². The van der Waals surface area contributed by atoms with Gasteiger partial charge in [-0.25, -0.2) is 0 Å². The summed E-state index contributed by atoms with van der Waals surface area (Å²) < 4.78 is 0.664. The Bertz CT molecular complexity index is 602. The number of nitro benzene ring substituents is 1. The summed E-state index contributed by atoms with van der Waals surface area (Å²) in [4.78, 5) is 12.6. The van der Waals surface area contributed by atoms with Crippen molar-refractivity contribution in [3.63, 3.8) is 0 Å². The molecule has 2 aromatic rings. The van der Waals surface area contributed by atoms with Crippen LogP contribution in [0.4, 0.5) is 11.4 Å². The third kappa shape index (κ3) is 3.69. The second-order valence-electron chi connectivity index (χ2n) is 4.55. The molecule has 0 amide bonds. The molecule has 2 aromatic carbocycles. The lowest BCUT2D eigenvalue weighted by atomic mass is 10.1. The van der Waals surface area contributed by atoms with E-state index in [9.17, 15) is 10.1 Å². The Kier molecular flexibility index (Phi) is 4.94. The Hall–Kier alpha value is -1.63. The van der Waals surface area contributed by atoms with E-state index in [1.54, 1.807) is 12.1 Å². The van der Waals surface area contributed by atoms with Crippen molar-refractivity contribution in [3.8, 4) is 0 Å². The van der Waals surface area contributed by atoms with Gasteiger partial charge in [0.15, 0.2) is 0 Å². The van der Waals surface area contributed by atoms with Gasteiger partial charge in [0, 0.05) is 25.3 Å². The van der Waals surface area contributed by atoms with Crippen LogP contribution < -0.4 is 4.90 Å². The van der Waals surface area contributed by atoms with E-state index in [1.165, 1.54) is 5.56 Å². The highest BCUT2D eigenvalue weighted by molar-refractivity contribution is 14.1. The van der Waals surface area contributed by atoms with Gasteiger partial charge in [-0.2, -0.15) is 0 Å². The van der Waals surface area contributed by atoms with Gasteiger partial charge in [0.2, 0.25) is 0 Å². The summed E-state index contributed by atoms with van der Waals surface area (Å²) in [5.41, 5.74) is 2.44. The van der Waals surface area contributed by atoms with Crippen molar-refractivity contribution in [1.29, 1.82) is 0 Å². The minimum absolute atomic E-state index is 0.158. The van der Waals surface area contributed by atoms with Gasteiger partial charge in [-0.15, -0.1) is 0 Å². The number of hydrogen-bond acceptors (Lipinski definition) is 3. The SMILES string of the molecule is CN(CCc1ccccc1)c1ccc([N+](=O)[O-])c(I)c1. The topological polar surface area (TPSA) is 46.4 Å². The maximum atomic E-state index is 10.8. The number of anilines is 1. The number of nitrogens with zero attached hydrogens (tertiary/aromatic N) is 2. The highest BCUT2D eigenvalue weighted by atomic mass is 127. The third-order valence-corrected chi connectivity index (χ3v) is 4.01. The first-order chi connectivity index (χ1) is 9.58. The lowest BCUT2D eigenvalue weighted by molar-refractivity contribution is -0.385. The molecule has 0 N–H and O–H groups in total. The van der Waals surface area contributed by atoms with Gasteiger partial charge in [-0.05, 0) is 46.7 Å². The van der Waals surface area contributed by atoms with E-state index in [1.807, 2.05) is 53.9 Å². The second kappa shape index (κ2) is 6.69. The van der Waals surface area contributed by atoms with E-state index in [2.05, 4.69) is 17.0 Å². The predicted octanol–water partition coefficient (Wildman–Crippen LogP) is 3.88. The first kappa shape index (κ1) is 14.8. The molecule has 0 aromatic heterocycles. The molecule has 0 aliphatic heterocycles. The van der Waals surface area contributed by atoms with Gasteiger partial charge in [-0.1, -0.05) is 30.3 Å². The van der Waals surface area contributed by atoms with Crippen LogP contribution in [0.3, 0.4) is 0 Å². The number of hydrogen-bond donors (Lipinski definition) is 0. The Morgan fingerprint density at radius 3 is 2.50 bits per heavy atom. The summed E-state index contributed by atoms with van der Waals surface area (Å²) in [7, 11) is 2.00. The van der Waals surface area contributed by atoms with Gasteiger partial charge in [0.05, 0.1) is 8.49 Å². The molecule has 104 valence electrons. The number of benzene rings is 2. The highest BCUT2D eigenvalue weighted by Crippen LogP contribution is 2.25. The Balaban J connectivity index is 2.04. The molecular weight excluding hydrogens is 367 g/mol. The molecule has 0 radical (unpaired) electrons. The van der Waals surface area contributed by atoms with Gasteiger partial charge < -0.3 is 4.90 Å². The van der Waals surface area contributed by atoms with E-state index in [0.29, 0.717) is 3.57 Å². The Labute approximate surface area is 131 Å². The average molecular weight is 382 g/mol. The summed E-state index contributed by atoms with van der Waals surface area (Å²) in [6, 6.07) is 15.5. The zero-order valence-electron chi connectivity index (χ0n) is 11.1. The van der Waals surface area contributed by atoms with E-state index in [4.69, 9.17) is 0 Å². The summed E-state index contributed by atoms with van der Waals surface area (Å²) in [6.45, 7) is 0.873. The third-order valence-electron chi connectivity index (χ3n) is 3.15. The average Bonchev–Trinajstić information content (AvgIpc) is 2.45. The molecule has 0 unspecified atom stereocenters. The lowest BCUT2D eigenvalue weighted by Gasteiger charge is -2.19. The molecule has 5 heteroatoms. The van der Waals surface area contributed by atoms with Gasteiger partial charge in [0.25, 0.3) is 5.69 Å². The minimum atomic E-state index is -0.352. The molecule has 20 heavy (non-hydrogen) atoms. The number of nitro groups is 1. The fourth-order valence-corrected chi connectivity index (χ4v) is 2.65. The van der Waals surface area contributed by atoms with Crippen molar-refractivity contribution in [2.75, 3.05) is 18.5 Å². The molecule has 0 bridgehead atoms. The van der Waals surface area contributed by atoms with Crippen molar-refractivity contribution in [3.05, 3.63) is 67.8 Å². The molecule has 0 saturated heterocycles. The summed E-state index contributed by atoms with van der Waals surface area (Å²) in [5, 5.41) is 10.8. The van der Waals surface area contributed by atoms with E-state index >= 15 is 0 Å². The highest BCUT2D eigenvalue weighted by Gasteiger charge is 2.13. The van der Waals surface area contributed by atoms with Crippen LogP contribution in [0.5, 0.6) is 0 Å². The lowest BCUT2D eigenvalue weighted by Crippen LogP contribution is -2.20. The molecule has 4 nitrogen and oxygen atoms in total. The number of likely N-dealkylation sites (N-methyl/N-ethyl adjacent to an activating group) is 1. The molecular formula is C15H15IN2O2.